The van der Waals surface area contributed by atoms with Gasteiger partial charge in [0.15, 0.2) is 0 Å². The van der Waals surface area contributed by atoms with Gasteiger partial charge in [-0.1, -0.05) is 31.5 Å². The van der Waals surface area contributed by atoms with Crippen molar-refractivity contribution in [3.8, 4) is 0 Å². The van der Waals surface area contributed by atoms with Crippen LogP contribution < -0.4 is 11.1 Å². The van der Waals surface area contributed by atoms with Crippen LogP contribution in [0.1, 0.15) is 24.2 Å². The molecule has 0 aliphatic heterocycles. The summed E-state index contributed by atoms with van der Waals surface area (Å²) in [6, 6.07) is 5.07. The van der Waals surface area contributed by atoms with Crippen LogP contribution in [0.4, 0.5) is 5.69 Å². The second-order valence-corrected chi connectivity index (χ2v) is 6.17. The molecule has 5 heteroatoms. The summed E-state index contributed by atoms with van der Waals surface area (Å²) in [4.78, 5) is 14.2. The van der Waals surface area contributed by atoms with Crippen LogP contribution in [0.25, 0.3) is 0 Å². The maximum atomic E-state index is 12.1. The van der Waals surface area contributed by atoms with Crippen LogP contribution in [0.2, 0.25) is 5.02 Å². The predicted octanol–water partition coefficient (Wildman–Crippen LogP) is 2.24. The van der Waals surface area contributed by atoms with Gasteiger partial charge in [-0.15, -0.1) is 0 Å². The number of nitrogen functional groups attached to an aromatic ring is 1. The molecule has 0 unspecified atom stereocenters. The molecule has 19 heavy (non-hydrogen) atoms. The second kappa shape index (κ2) is 6.26. The minimum Gasteiger partial charge on any atom is -0.398 e. The Kier molecular flexibility index (Phi) is 5.20. The molecule has 1 aromatic rings. The van der Waals surface area contributed by atoms with Crippen molar-refractivity contribution < 1.29 is 4.79 Å². The monoisotopic (exact) mass is 283 g/mol. The van der Waals surface area contributed by atoms with Crippen molar-refractivity contribution in [3.05, 3.63) is 28.8 Å². The molecule has 1 aromatic carbocycles. The van der Waals surface area contributed by atoms with Gasteiger partial charge in [0.2, 0.25) is 0 Å². The molecule has 0 saturated heterocycles. The van der Waals surface area contributed by atoms with Crippen molar-refractivity contribution in [1.82, 2.24) is 10.2 Å². The van der Waals surface area contributed by atoms with Crippen LogP contribution in [0.3, 0.4) is 0 Å². The molecule has 106 valence electrons. The van der Waals surface area contributed by atoms with E-state index >= 15 is 0 Å². The zero-order valence-electron chi connectivity index (χ0n) is 12.0. The average molecular weight is 284 g/mol. The van der Waals surface area contributed by atoms with E-state index < -0.39 is 0 Å². The number of halogens is 1. The molecule has 1 amide bonds. The van der Waals surface area contributed by atoms with Crippen LogP contribution in [-0.4, -0.2) is 38.0 Å². The Balaban J connectivity index is 2.68. The molecule has 0 saturated carbocycles. The number of hydrogen-bond donors (Lipinski definition) is 2. The van der Waals surface area contributed by atoms with Crippen molar-refractivity contribution in [2.75, 3.05) is 32.9 Å². The highest BCUT2D eigenvalue weighted by atomic mass is 35.5. The molecule has 0 aromatic heterocycles. The van der Waals surface area contributed by atoms with Gasteiger partial charge in [-0.25, -0.2) is 0 Å². The van der Waals surface area contributed by atoms with E-state index in [4.69, 9.17) is 17.3 Å². The van der Waals surface area contributed by atoms with Crippen LogP contribution in [-0.2, 0) is 0 Å². The molecule has 4 nitrogen and oxygen atoms in total. The number of carbonyl (C=O) groups is 1. The summed E-state index contributed by atoms with van der Waals surface area (Å²) in [5.41, 5.74) is 6.52. The van der Waals surface area contributed by atoms with Crippen molar-refractivity contribution >= 4 is 23.2 Å². The van der Waals surface area contributed by atoms with Gasteiger partial charge in [-0.05, 0) is 31.6 Å². The number of nitrogens with zero attached hydrogens (tertiary/aromatic N) is 1. The Labute approximate surface area is 119 Å². The summed E-state index contributed by atoms with van der Waals surface area (Å²) < 4.78 is 0. The first-order valence-corrected chi connectivity index (χ1v) is 6.58. The fraction of sp³-hybridized carbons (Fsp3) is 0.500. The third-order valence-electron chi connectivity index (χ3n) is 2.74. The number of benzene rings is 1. The standard InChI is InChI=1S/C14H22ClN3O/c1-14(2,9-18(3)4)8-17-13(19)10-6-5-7-11(16)12(10)15/h5-7H,8-9,16H2,1-4H3,(H,17,19). The number of carbonyl (C=O) groups excluding carboxylic acids is 1. The van der Waals surface area contributed by atoms with Crippen molar-refractivity contribution in [1.29, 1.82) is 0 Å². The van der Waals surface area contributed by atoms with Gasteiger partial charge in [0.1, 0.15) is 0 Å². The quantitative estimate of drug-likeness (QED) is 0.815. The third-order valence-corrected chi connectivity index (χ3v) is 3.17. The summed E-state index contributed by atoms with van der Waals surface area (Å²) in [6.45, 7) is 5.68. The Morgan fingerprint density at radius 3 is 2.63 bits per heavy atom. The number of rotatable bonds is 5. The minimum atomic E-state index is -0.191. The van der Waals surface area contributed by atoms with Crippen LogP contribution in [0.15, 0.2) is 18.2 Å². The molecule has 0 radical (unpaired) electrons. The SMILES string of the molecule is CN(C)CC(C)(C)CNC(=O)c1cccc(N)c1Cl. The Morgan fingerprint density at radius 1 is 1.42 bits per heavy atom. The smallest absolute Gasteiger partial charge is 0.252 e. The topological polar surface area (TPSA) is 58.4 Å². The number of hydrogen-bond acceptors (Lipinski definition) is 3. The largest absolute Gasteiger partial charge is 0.398 e. The third kappa shape index (κ3) is 4.73. The highest BCUT2D eigenvalue weighted by molar-refractivity contribution is 6.36. The van der Waals surface area contributed by atoms with E-state index in [1.807, 2.05) is 14.1 Å². The van der Waals surface area contributed by atoms with Crippen molar-refractivity contribution in [2.45, 2.75) is 13.8 Å². The lowest BCUT2D eigenvalue weighted by atomic mass is 9.93. The van der Waals surface area contributed by atoms with E-state index in [1.54, 1.807) is 18.2 Å². The molecule has 0 aliphatic rings. The van der Waals surface area contributed by atoms with Gasteiger partial charge in [0.25, 0.3) is 5.91 Å². The highest BCUT2D eigenvalue weighted by Gasteiger charge is 2.21. The first kappa shape index (κ1) is 15.8. The van der Waals surface area contributed by atoms with Gasteiger partial charge < -0.3 is 16.0 Å². The fourth-order valence-corrected chi connectivity index (χ4v) is 2.26. The maximum absolute atomic E-state index is 12.1. The molecule has 0 atom stereocenters. The highest BCUT2D eigenvalue weighted by Crippen LogP contribution is 2.23. The van der Waals surface area contributed by atoms with Crippen LogP contribution in [0.5, 0.6) is 0 Å². The number of amides is 1. The lowest BCUT2D eigenvalue weighted by molar-refractivity contribution is 0.0929. The molecule has 3 N–H and O–H groups in total. The van der Waals surface area contributed by atoms with E-state index in [1.165, 1.54) is 0 Å². The van der Waals surface area contributed by atoms with E-state index in [2.05, 4.69) is 24.1 Å². The van der Waals surface area contributed by atoms with E-state index in [-0.39, 0.29) is 11.3 Å². The first-order chi connectivity index (χ1) is 8.73. The fourth-order valence-electron chi connectivity index (χ4n) is 2.05. The van der Waals surface area contributed by atoms with E-state index in [0.717, 1.165) is 6.54 Å². The van der Waals surface area contributed by atoms with Gasteiger partial charge in [0.05, 0.1) is 16.3 Å². The summed E-state index contributed by atoms with van der Waals surface area (Å²) in [5, 5.41) is 3.22. The molecule has 0 aliphatic carbocycles. The lowest BCUT2D eigenvalue weighted by Crippen LogP contribution is -2.40. The Hall–Kier alpha value is -1.26. The molecule has 0 spiro atoms. The van der Waals surface area contributed by atoms with Crippen molar-refractivity contribution in [3.63, 3.8) is 0 Å². The molecule has 0 heterocycles. The summed E-state index contributed by atoms with van der Waals surface area (Å²) in [5.74, 6) is -0.191. The van der Waals surface area contributed by atoms with Gasteiger partial charge >= 0.3 is 0 Å². The second-order valence-electron chi connectivity index (χ2n) is 5.79. The van der Waals surface area contributed by atoms with Crippen LogP contribution >= 0.6 is 11.6 Å². The minimum absolute atomic E-state index is 0.00798. The molecule has 0 bridgehead atoms. The number of nitrogens with one attached hydrogen (secondary N) is 1. The molecule has 0 fully saturated rings. The zero-order valence-corrected chi connectivity index (χ0v) is 12.7. The number of nitrogens with two attached hydrogens (primary N) is 1. The molecular formula is C14H22ClN3O. The predicted molar refractivity (Wildman–Crippen MR) is 80.5 cm³/mol. The zero-order chi connectivity index (χ0) is 14.6. The molecular weight excluding hydrogens is 262 g/mol. The summed E-state index contributed by atoms with van der Waals surface area (Å²) in [7, 11) is 4.02. The molecule has 1 rings (SSSR count). The maximum Gasteiger partial charge on any atom is 0.252 e. The normalized spacial score (nSPS) is 11.7. The Bertz CT molecular complexity index is 458. The lowest BCUT2D eigenvalue weighted by Gasteiger charge is -2.28. The average Bonchev–Trinajstić information content (AvgIpc) is 2.28. The van der Waals surface area contributed by atoms with Crippen LogP contribution in [0, 0.1) is 5.41 Å². The summed E-state index contributed by atoms with van der Waals surface area (Å²) in [6.07, 6.45) is 0. The Morgan fingerprint density at radius 2 is 2.05 bits per heavy atom. The van der Waals surface area contributed by atoms with E-state index in [0.29, 0.717) is 22.8 Å². The van der Waals surface area contributed by atoms with Gasteiger partial charge in [0, 0.05) is 13.1 Å². The van der Waals surface area contributed by atoms with Gasteiger partial charge in [-0.2, -0.15) is 0 Å². The van der Waals surface area contributed by atoms with Crippen molar-refractivity contribution in [2.24, 2.45) is 5.41 Å². The van der Waals surface area contributed by atoms with Gasteiger partial charge in [-0.3, -0.25) is 4.79 Å². The number of anilines is 1. The first-order valence-electron chi connectivity index (χ1n) is 6.20. The summed E-state index contributed by atoms with van der Waals surface area (Å²) >= 11 is 6.03. The van der Waals surface area contributed by atoms with E-state index in [9.17, 15) is 4.79 Å².